The Morgan fingerprint density at radius 1 is 1.50 bits per heavy atom. The van der Waals surface area contributed by atoms with Crippen molar-refractivity contribution in [2.45, 2.75) is 26.4 Å². The molecule has 1 aromatic rings. The topological polar surface area (TPSA) is 53.1 Å². The predicted octanol–water partition coefficient (Wildman–Crippen LogP) is 0.991. The maximum Gasteiger partial charge on any atom is 0.253 e. The second-order valence-corrected chi connectivity index (χ2v) is 3.08. The van der Waals surface area contributed by atoms with Crippen LogP contribution >= 0.6 is 0 Å². The molecule has 0 saturated carbocycles. The van der Waals surface area contributed by atoms with Gasteiger partial charge in [0.15, 0.2) is 0 Å². The molecule has 2 N–H and O–H groups in total. The number of aromatic nitrogens is 1. The van der Waals surface area contributed by atoms with E-state index in [1.54, 1.807) is 6.07 Å². The summed E-state index contributed by atoms with van der Waals surface area (Å²) in [7, 11) is 0. The highest BCUT2D eigenvalue weighted by Gasteiger charge is 2.02. The van der Waals surface area contributed by atoms with E-state index in [9.17, 15) is 4.79 Å². The van der Waals surface area contributed by atoms with Crippen LogP contribution in [0.15, 0.2) is 16.9 Å². The number of hydrogen-bond acceptors (Lipinski definition) is 2. The third-order valence-electron chi connectivity index (χ3n) is 1.81. The maximum atomic E-state index is 11.2. The Bertz CT molecular complexity index is 315. The minimum Gasteiger partial charge on any atom is -0.391 e. The summed E-state index contributed by atoms with van der Waals surface area (Å²) in [6.45, 7) is 3.81. The molecule has 0 radical (unpaired) electrons. The van der Waals surface area contributed by atoms with Gasteiger partial charge in [-0.15, -0.1) is 0 Å². The number of aromatic amines is 1. The molecule has 0 aromatic carbocycles. The van der Waals surface area contributed by atoms with Gasteiger partial charge in [-0.1, -0.05) is 13.8 Å². The third-order valence-corrected chi connectivity index (χ3v) is 1.81. The van der Waals surface area contributed by atoms with Gasteiger partial charge in [-0.25, -0.2) is 0 Å². The van der Waals surface area contributed by atoms with Crippen LogP contribution in [0.5, 0.6) is 0 Å². The Morgan fingerprint density at radius 3 is 2.58 bits per heavy atom. The lowest BCUT2D eigenvalue weighted by Crippen LogP contribution is -2.14. The first-order valence-corrected chi connectivity index (χ1v) is 3.98. The smallest absolute Gasteiger partial charge is 0.253 e. The summed E-state index contributed by atoms with van der Waals surface area (Å²) in [5, 5.41) is 8.73. The number of H-pyrrole nitrogens is 1. The average Bonchev–Trinajstić information content (AvgIpc) is 2.04. The molecule has 12 heavy (non-hydrogen) atoms. The normalized spacial score (nSPS) is 10.7. The Kier molecular flexibility index (Phi) is 2.65. The highest BCUT2D eigenvalue weighted by Crippen LogP contribution is 2.08. The van der Waals surface area contributed by atoms with Gasteiger partial charge in [0.2, 0.25) is 0 Å². The summed E-state index contributed by atoms with van der Waals surface area (Å²) in [5.74, 6) is 0.311. The van der Waals surface area contributed by atoms with Crippen LogP contribution < -0.4 is 5.56 Å². The van der Waals surface area contributed by atoms with Crippen molar-refractivity contribution in [2.24, 2.45) is 0 Å². The monoisotopic (exact) mass is 167 g/mol. The molecule has 0 amide bonds. The summed E-state index contributed by atoms with van der Waals surface area (Å²) in [5.41, 5.74) is 1.13. The van der Waals surface area contributed by atoms with Crippen molar-refractivity contribution >= 4 is 0 Å². The molecule has 66 valence electrons. The number of rotatable bonds is 2. The minimum atomic E-state index is -0.201. The minimum absolute atomic E-state index is 0.191. The molecular weight excluding hydrogens is 154 g/mol. The molecule has 1 rings (SSSR count). The van der Waals surface area contributed by atoms with Gasteiger partial charge in [0, 0.05) is 11.3 Å². The quantitative estimate of drug-likeness (QED) is 0.690. The molecule has 0 unspecified atom stereocenters. The number of nitrogens with one attached hydrogen (secondary N) is 1. The van der Waals surface area contributed by atoms with Gasteiger partial charge in [0.1, 0.15) is 0 Å². The van der Waals surface area contributed by atoms with E-state index >= 15 is 0 Å². The SMILES string of the molecule is CC(C)c1ccc(CO)c(=O)[nH]1. The second-order valence-electron chi connectivity index (χ2n) is 3.08. The van der Waals surface area contributed by atoms with Crippen molar-refractivity contribution in [1.29, 1.82) is 0 Å². The highest BCUT2D eigenvalue weighted by atomic mass is 16.3. The Labute approximate surface area is 71.1 Å². The molecule has 0 atom stereocenters. The predicted molar refractivity (Wildman–Crippen MR) is 47.1 cm³/mol. The van der Waals surface area contributed by atoms with E-state index in [1.807, 2.05) is 19.9 Å². The van der Waals surface area contributed by atoms with Gasteiger partial charge in [-0.05, 0) is 18.1 Å². The molecule has 3 heteroatoms. The summed E-state index contributed by atoms with van der Waals surface area (Å²) in [6.07, 6.45) is 0. The summed E-state index contributed by atoms with van der Waals surface area (Å²) < 4.78 is 0. The summed E-state index contributed by atoms with van der Waals surface area (Å²) in [6, 6.07) is 3.49. The van der Waals surface area contributed by atoms with Crippen molar-refractivity contribution in [3.63, 3.8) is 0 Å². The molecule has 0 aliphatic carbocycles. The van der Waals surface area contributed by atoms with Gasteiger partial charge >= 0.3 is 0 Å². The lowest BCUT2D eigenvalue weighted by atomic mass is 10.1. The van der Waals surface area contributed by atoms with Crippen LogP contribution in [-0.2, 0) is 6.61 Å². The highest BCUT2D eigenvalue weighted by molar-refractivity contribution is 5.15. The lowest BCUT2D eigenvalue weighted by Gasteiger charge is -2.04. The molecule has 0 aliphatic heterocycles. The molecule has 0 fully saturated rings. The summed E-state index contributed by atoms with van der Waals surface area (Å²) >= 11 is 0. The molecular formula is C9H13NO2. The molecule has 1 aromatic heterocycles. The first kappa shape index (κ1) is 9.00. The van der Waals surface area contributed by atoms with E-state index in [0.29, 0.717) is 11.5 Å². The molecule has 0 spiro atoms. The van der Waals surface area contributed by atoms with E-state index in [4.69, 9.17) is 5.11 Å². The zero-order valence-corrected chi connectivity index (χ0v) is 7.29. The first-order valence-electron chi connectivity index (χ1n) is 3.98. The Hall–Kier alpha value is -1.09. The van der Waals surface area contributed by atoms with Crippen molar-refractivity contribution < 1.29 is 5.11 Å². The Morgan fingerprint density at radius 2 is 2.17 bits per heavy atom. The van der Waals surface area contributed by atoms with Crippen molar-refractivity contribution in [2.75, 3.05) is 0 Å². The largest absolute Gasteiger partial charge is 0.391 e. The number of pyridine rings is 1. The number of aliphatic hydroxyl groups excluding tert-OH is 1. The number of aliphatic hydroxyl groups is 1. The van der Waals surface area contributed by atoms with Crippen LogP contribution in [0.3, 0.4) is 0 Å². The standard InChI is InChI=1S/C9H13NO2/c1-6(2)8-4-3-7(5-11)9(12)10-8/h3-4,6,11H,5H2,1-2H3,(H,10,12). The van der Waals surface area contributed by atoms with Crippen molar-refractivity contribution in [3.05, 3.63) is 33.7 Å². The average molecular weight is 167 g/mol. The van der Waals surface area contributed by atoms with Crippen LogP contribution in [0.25, 0.3) is 0 Å². The van der Waals surface area contributed by atoms with Gasteiger partial charge in [-0.2, -0.15) is 0 Å². The van der Waals surface area contributed by atoms with E-state index in [2.05, 4.69) is 4.98 Å². The van der Waals surface area contributed by atoms with Gasteiger partial charge < -0.3 is 10.1 Å². The number of hydrogen-bond donors (Lipinski definition) is 2. The van der Waals surface area contributed by atoms with Crippen LogP contribution in [-0.4, -0.2) is 10.1 Å². The van der Waals surface area contributed by atoms with Crippen LogP contribution in [0, 0.1) is 0 Å². The first-order chi connectivity index (χ1) is 5.65. The maximum absolute atomic E-state index is 11.2. The fourth-order valence-electron chi connectivity index (χ4n) is 0.980. The van der Waals surface area contributed by atoms with E-state index in [0.717, 1.165) is 5.69 Å². The van der Waals surface area contributed by atoms with Crippen molar-refractivity contribution in [1.82, 2.24) is 4.98 Å². The van der Waals surface area contributed by atoms with Crippen LogP contribution in [0.4, 0.5) is 0 Å². The van der Waals surface area contributed by atoms with Crippen LogP contribution in [0.1, 0.15) is 31.0 Å². The summed E-state index contributed by atoms with van der Waals surface area (Å²) in [4.78, 5) is 13.9. The molecule has 0 saturated heterocycles. The fourth-order valence-corrected chi connectivity index (χ4v) is 0.980. The molecule has 3 nitrogen and oxygen atoms in total. The molecule has 0 bridgehead atoms. The zero-order valence-electron chi connectivity index (χ0n) is 7.29. The van der Waals surface area contributed by atoms with Crippen LogP contribution in [0.2, 0.25) is 0 Å². The molecule has 1 heterocycles. The lowest BCUT2D eigenvalue weighted by molar-refractivity contribution is 0.280. The zero-order chi connectivity index (χ0) is 9.14. The van der Waals surface area contributed by atoms with E-state index < -0.39 is 0 Å². The fraction of sp³-hybridized carbons (Fsp3) is 0.444. The van der Waals surface area contributed by atoms with Gasteiger partial charge in [0.05, 0.1) is 6.61 Å². The van der Waals surface area contributed by atoms with Gasteiger partial charge in [0.25, 0.3) is 5.56 Å². The van der Waals surface area contributed by atoms with Gasteiger partial charge in [-0.3, -0.25) is 4.79 Å². The Balaban J connectivity index is 3.11. The third kappa shape index (κ3) is 1.74. The van der Waals surface area contributed by atoms with E-state index in [1.165, 1.54) is 0 Å². The molecule has 0 aliphatic rings. The van der Waals surface area contributed by atoms with Crippen molar-refractivity contribution in [3.8, 4) is 0 Å². The second kappa shape index (κ2) is 3.54. The van der Waals surface area contributed by atoms with E-state index in [-0.39, 0.29) is 12.2 Å².